The molecule has 0 saturated heterocycles. The van der Waals surface area contributed by atoms with Gasteiger partial charge in [-0.25, -0.2) is 18.1 Å². The zero-order valence-corrected chi connectivity index (χ0v) is 15.7. The molecule has 1 aromatic carbocycles. The van der Waals surface area contributed by atoms with Crippen molar-refractivity contribution in [2.75, 3.05) is 5.32 Å². The Hall–Kier alpha value is -2.07. The Morgan fingerprint density at radius 1 is 1.16 bits per heavy atom. The molecule has 0 fully saturated rings. The van der Waals surface area contributed by atoms with Crippen LogP contribution in [0.2, 0.25) is 0 Å². The van der Waals surface area contributed by atoms with Crippen molar-refractivity contribution in [1.82, 2.24) is 9.71 Å². The molecule has 3 aromatic rings. The number of anilines is 1. The number of hydrogen-bond donors (Lipinski definition) is 2. The molecular formula is C16H15N3O3S3. The Kier molecular flexibility index (Phi) is 5.28. The number of nitrogens with one attached hydrogen (secondary N) is 2. The Balaban J connectivity index is 1.67. The van der Waals surface area contributed by atoms with Gasteiger partial charge in [-0.05, 0) is 42.6 Å². The van der Waals surface area contributed by atoms with Crippen LogP contribution in [0.4, 0.5) is 5.13 Å². The average Bonchev–Trinajstić information content (AvgIpc) is 3.25. The van der Waals surface area contributed by atoms with Crippen LogP contribution in [0.1, 0.15) is 20.9 Å². The second-order valence-corrected chi connectivity index (χ2v) is 8.83. The monoisotopic (exact) mass is 393 g/mol. The van der Waals surface area contributed by atoms with Crippen LogP contribution in [0.15, 0.2) is 52.1 Å². The fourth-order valence-corrected chi connectivity index (χ4v) is 4.45. The van der Waals surface area contributed by atoms with E-state index in [2.05, 4.69) is 15.0 Å². The molecular weight excluding hydrogens is 378 g/mol. The first kappa shape index (κ1) is 17.7. The zero-order chi connectivity index (χ0) is 17.9. The molecule has 9 heteroatoms. The molecule has 1 amide bonds. The van der Waals surface area contributed by atoms with E-state index in [0.29, 0.717) is 10.7 Å². The summed E-state index contributed by atoms with van der Waals surface area (Å²) in [6, 6.07) is 9.52. The Bertz CT molecular complexity index is 962. The number of sulfonamides is 1. The molecule has 0 atom stereocenters. The van der Waals surface area contributed by atoms with E-state index in [1.54, 1.807) is 0 Å². The van der Waals surface area contributed by atoms with Crippen LogP contribution in [-0.4, -0.2) is 19.3 Å². The molecule has 2 heterocycles. The van der Waals surface area contributed by atoms with Crippen molar-refractivity contribution in [2.45, 2.75) is 18.4 Å². The molecule has 6 nitrogen and oxygen atoms in total. The molecule has 2 N–H and O–H groups in total. The highest BCUT2D eigenvalue weighted by Gasteiger charge is 2.15. The predicted octanol–water partition coefficient (Wildman–Crippen LogP) is 3.24. The van der Waals surface area contributed by atoms with Crippen molar-refractivity contribution in [1.29, 1.82) is 0 Å². The summed E-state index contributed by atoms with van der Waals surface area (Å²) in [5, 5.41) is 6.92. The number of thiazole rings is 1. The van der Waals surface area contributed by atoms with Crippen LogP contribution in [0.3, 0.4) is 0 Å². The highest BCUT2D eigenvalue weighted by Crippen LogP contribution is 2.17. The molecule has 0 spiro atoms. The van der Waals surface area contributed by atoms with E-state index in [4.69, 9.17) is 0 Å². The number of aryl methyl sites for hydroxylation is 1. The van der Waals surface area contributed by atoms with Gasteiger partial charge in [0, 0.05) is 22.4 Å². The number of amides is 1. The van der Waals surface area contributed by atoms with Gasteiger partial charge in [0.15, 0.2) is 5.13 Å². The Morgan fingerprint density at radius 3 is 2.52 bits per heavy atom. The topological polar surface area (TPSA) is 88.2 Å². The summed E-state index contributed by atoms with van der Waals surface area (Å²) in [7, 11) is -3.62. The average molecular weight is 394 g/mol. The summed E-state index contributed by atoms with van der Waals surface area (Å²) in [4.78, 5) is 17.4. The van der Waals surface area contributed by atoms with E-state index in [1.807, 2.05) is 29.8 Å². The fraction of sp³-hybridized carbons (Fsp3) is 0.125. The second-order valence-electron chi connectivity index (χ2n) is 5.18. The summed E-state index contributed by atoms with van der Waals surface area (Å²) in [5.74, 6) is -0.329. The van der Waals surface area contributed by atoms with E-state index in [0.717, 1.165) is 10.6 Å². The molecule has 0 unspecified atom stereocenters. The zero-order valence-electron chi connectivity index (χ0n) is 13.2. The fourth-order valence-electron chi connectivity index (χ4n) is 2.03. The third kappa shape index (κ3) is 4.51. The first-order valence-electron chi connectivity index (χ1n) is 7.30. The molecule has 0 bridgehead atoms. The van der Waals surface area contributed by atoms with Gasteiger partial charge in [-0.15, -0.1) is 22.7 Å². The number of carbonyl (C=O) groups is 1. The Morgan fingerprint density at radius 2 is 1.92 bits per heavy atom. The van der Waals surface area contributed by atoms with Crippen molar-refractivity contribution in [2.24, 2.45) is 0 Å². The van der Waals surface area contributed by atoms with E-state index in [-0.39, 0.29) is 17.3 Å². The minimum atomic E-state index is -3.62. The second kappa shape index (κ2) is 7.44. The lowest BCUT2D eigenvalue weighted by atomic mass is 10.2. The van der Waals surface area contributed by atoms with Crippen molar-refractivity contribution in [3.63, 3.8) is 0 Å². The highest BCUT2D eigenvalue weighted by atomic mass is 32.2. The standard InChI is InChI=1S/C16H15N3O3S3/c1-11-10-24-16(18-11)19-15(20)12-4-6-14(7-5-12)25(21,22)17-9-13-3-2-8-23-13/h2-8,10,17H,9H2,1H3,(H,18,19,20). The minimum absolute atomic E-state index is 0.116. The lowest BCUT2D eigenvalue weighted by molar-refractivity contribution is 0.102. The molecule has 130 valence electrons. The van der Waals surface area contributed by atoms with Crippen LogP contribution in [0.5, 0.6) is 0 Å². The van der Waals surface area contributed by atoms with Crippen molar-refractivity contribution >= 4 is 43.7 Å². The molecule has 0 saturated carbocycles. The van der Waals surface area contributed by atoms with E-state index >= 15 is 0 Å². The molecule has 3 rings (SSSR count). The number of thiophene rings is 1. The SMILES string of the molecule is Cc1csc(NC(=O)c2ccc(S(=O)(=O)NCc3cccs3)cc2)n1. The molecule has 2 aromatic heterocycles. The van der Waals surface area contributed by atoms with E-state index < -0.39 is 10.0 Å². The molecule has 0 aliphatic rings. The predicted molar refractivity (Wildman–Crippen MR) is 99.6 cm³/mol. The highest BCUT2D eigenvalue weighted by molar-refractivity contribution is 7.89. The number of nitrogens with zero attached hydrogens (tertiary/aromatic N) is 1. The summed E-state index contributed by atoms with van der Waals surface area (Å²) >= 11 is 2.82. The third-order valence-corrected chi connectivity index (χ3v) is 6.45. The first-order chi connectivity index (χ1) is 11.9. The maximum Gasteiger partial charge on any atom is 0.257 e. The lowest BCUT2D eigenvalue weighted by Crippen LogP contribution is -2.23. The normalized spacial score (nSPS) is 11.4. The lowest BCUT2D eigenvalue weighted by Gasteiger charge is -2.07. The summed E-state index contributed by atoms with van der Waals surface area (Å²) in [6.07, 6.45) is 0. The maximum absolute atomic E-state index is 12.3. The van der Waals surface area contributed by atoms with Gasteiger partial charge in [0.25, 0.3) is 5.91 Å². The van der Waals surface area contributed by atoms with Crippen molar-refractivity contribution in [3.05, 3.63) is 63.3 Å². The summed E-state index contributed by atoms with van der Waals surface area (Å²) in [5.41, 5.74) is 1.20. The maximum atomic E-state index is 12.3. The van der Waals surface area contributed by atoms with Crippen LogP contribution < -0.4 is 10.0 Å². The van der Waals surface area contributed by atoms with E-state index in [1.165, 1.54) is 46.9 Å². The third-order valence-electron chi connectivity index (χ3n) is 3.28. The van der Waals surface area contributed by atoms with Crippen LogP contribution in [-0.2, 0) is 16.6 Å². The molecule has 0 aliphatic carbocycles. The quantitative estimate of drug-likeness (QED) is 0.673. The molecule has 25 heavy (non-hydrogen) atoms. The van der Waals surface area contributed by atoms with Gasteiger partial charge in [0.1, 0.15) is 0 Å². The number of benzene rings is 1. The van der Waals surface area contributed by atoms with Crippen LogP contribution in [0.25, 0.3) is 0 Å². The Labute approximate surface area is 153 Å². The number of aromatic nitrogens is 1. The number of hydrogen-bond acceptors (Lipinski definition) is 6. The molecule has 0 aliphatic heterocycles. The van der Waals surface area contributed by atoms with Crippen LogP contribution in [0, 0.1) is 6.92 Å². The molecule has 0 radical (unpaired) electrons. The van der Waals surface area contributed by atoms with E-state index in [9.17, 15) is 13.2 Å². The first-order valence-corrected chi connectivity index (χ1v) is 10.5. The van der Waals surface area contributed by atoms with Gasteiger partial charge in [-0.2, -0.15) is 0 Å². The van der Waals surface area contributed by atoms with Gasteiger partial charge < -0.3 is 0 Å². The summed E-state index contributed by atoms with van der Waals surface area (Å²) < 4.78 is 27.1. The van der Waals surface area contributed by atoms with Gasteiger partial charge in [0.2, 0.25) is 10.0 Å². The van der Waals surface area contributed by atoms with Gasteiger partial charge >= 0.3 is 0 Å². The van der Waals surface area contributed by atoms with Gasteiger partial charge in [-0.3, -0.25) is 10.1 Å². The number of rotatable bonds is 6. The smallest absolute Gasteiger partial charge is 0.257 e. The van der Waals surface area contributed by atoms with Crippen molar-refractivity contribution < 1.29 is 13.2 Å². The largest absolute Gasteiger partial charge is 0.298 e. The number of carbonyl (C=O) groups excluding carboxylic acids is 1. The van der Waals surface area contributed by atoms with Crippen LogP contribution >= 0.6 is 22.7 Å². The van der Waals surface area contributed by atoms with Gasteiger partial charge in [0.05, 0.1) is 10.6 Å². The van der Waals surface area contributed by atoms with Gasteiger partial charge in [-0.1, -0.05) is 6.07 Å². The van der Waals surface area contributed by atoms with Crippen molar-refractivity contribution in [3.8, 4) is 0 Å². The summed E-state index contributed by atoms with van der Waals surface area (Å²) in [6.45, 7) is 2.08. The minimum Gasteiger partial charge on any atom is -0.298 e.